The molecule has 126 valence electrons. The van der Waals surface area contributed by atoms with Crippen LogP contribution < -0.4 is 0 Å². The molecular weight excluding hydrogens is 327 g/mol. The fourth-order valence-electron chi connectivity index (χ4n) is 3.24. The first-order valence-corrected chi connectivity index (χ1v) is 8.69. The second kappa shape index (κ2) is 7.75. The van der Waals surface area contributed by atoms with E-state index >= 15 is 0 Å². The molecule has 1 atom stereocenters. The van der Waals surface area contributed by atoms with Crippen LogP contribution in [0.5, 0.6) is 0 Å². The van der Waals surface area contributed by atoms with Gasteiger partial charge in [-0.25, -0.2) is 4.39 Å². The summed E-state index contributed by atoms with van der Waals surface area (Å²) in [5.74, 6) is -0.779. The summed E-state index contributed by atoms with van der Waals surface area (Å²) >= 11 is 5.93. The molecule has 0 N–H and O–H groups in total. The molecule has 1 amide bonds. The van der Waals surface area contributed by atoms with E-state index in [2.05, 4.69) is 4.98 Å². The number of halogens is 2. The molecule has 2 heterocycles. The molecule has 0 saturated carbocycles. The smallest absolute Gasteiger partial charge is 0.257 e. The van der Waals surface area contributed by atoms with Gasteiger partial charge < -0.3 is 4.90 Å². The predicted octanol–water partition coefficient (Wildman–Crippen LogP) is 4.50. The van der Waals surface area contributed by atoms with Gasteiger partial charge in [-0.2, -0.15) is 0 Å². The summed E-state index contributed by atoms with van der Waals surface area (Å²) in [6.45, 7) is 0.664. The first-order chi connectivity index (χ1) is 11.6. The van der Waals surface area contributed by atoms with Crippen LogP contribution in [-0.2, 0) is 6.42 Å². The van der Waals surface area contributed by atoms with Crippen LogP contribution in [-0.4, -0.2) is 28.4 Å². The van der Waals surface area contributed by atoms with Crippen molar-refractivity contribution in [2.45, 2.75) is 38.1 Å². The van der Waals surface area contributed by atoms with E-state index < -0.39 is 5.82 Å². The highest BCUT2D eigenvalue weighted by Crippen LogP contribution is 2.25. The average Bonchev–Trinajstić information content (AvgIpc) is 2.62. The minimum absolute atomic E-state index is 0.0623. The predicted molar refractivity (Wildman–Crippen MR) is 92.6 cm³/mol. The Morgan fingerprint density at radius 2 is 2.17 bits per heavy atom. The van der Waals surface area contributed by atoms with Crippen molar-refractivity contribution in [1.29, 1.82) is 0 Å². The molecule has 0 radical (unpaired) electrons. The van der Waals surface area contributed by atoms with E-state index in [9.17, 15) is 9.18 Å². The van der Waals surface area contributed by atoms with Crippen LogP contribution in [0.1, 0.15) is 41.7 Å². The van der Waals surface area contributed by atoms with Crippen molar-refractivity contribution in [2.24, 2.45) is 0 Å². The van der Waals surface area contributed by atoms with Crippen LogP contribution in [0, 0.1) is 5.82 Å². The average molecular weight is 347 g/mol. The van der Waals surface area contributed by atoms with E-state index in [1.54, 1.807) is 11.1 Å². The summed E-state index contributed by atoms with van der Waals surface area (Å²) < 4.78 is 14.0. The normalized spacial score (nSPS) is 17.8. The van der Waals surface area contributed by atoms with Crippen LogP contribution in [0.25, 0.3) is 0 Å². The third-order valence-electron chi connectivity index (χ3n) is 4.51. The van der Waals surface area contributed by atoms with Crippen LogP contribution >= 0.6 is 11.6 Å². The lowest BCUT2D eigenvalue weighted by atomic mass is 9.96. The zero-order chi connectivity index (χ0) is 16.9. The molecule has 2 aromatic rings. The van der Waals surface area contributed by atoms with E-state index in [4.69, 9.17) is 11.6 Å². The van der Waals surface area contributed by atoms with Gasteiger partial charge in [-0.1, -0.05) is 17.7 Å². The number of carbonyl (C=O) groups excluding carboxylic acids is 1. The molecule has 0 spiro atoms. The number of carbonyl (C=O) groups is 1. The standard InChI is InChI=1S/C19H20ClFN2O/c20-14-7-10-18(21)17(13-14)19(24)23-12-4-2-6-16(23)9-8-15-5-1-3-11-22-15/h1,3,5,7,10-11,13,16H,2,4,6,8-9,12H2/t16-/m0/s1. The Labute approximate surface area is 146 Å². The Morgan fingerprint density at radius 3 is 2.96 bits per heavy atom. The summed E-state index contributed by atoms with van der Waals surface area (Å²) in [6, 6.07) is 10.1. The molecule has 1 aromatic heterocycles. The summed E-state index contributed by atoms with van der Waals surface area (Å²) in [6.07, 6.45) is 6.42. The molecule has 1 aliphatic heterocycles. The number of amides is 1. The Hall–Kier alpha value is -1.94. The van der Waals surface area contributed by atoms with Crippen molar-refractivity contribution in [1.82, 2.24) is 9.88 Å². The molecule has 24 heavy (non-hydrogen) atoms. The first kappa shape index (κ1) is 16.9. The molecule has 0 aliphatic carbocycles. The highest BCUT2D eigenvalue weighted by Gasteiger charge is 2.28. The minimum Gasteiger partial charge on any atom is -0.336 e. The quantitative estimate of drug-likeness (QED) is 0.816. The van der Waals surface area contributed by atoms with Crippen LogP contribution in [0.3, 0.4) is 0 Å². The molecule has 1 saturated heterocycles. The van der Waals surface area contributed by atoms with Crippen LogP contribution in [0.2, 0.25) is 5.02 Å². The lowest BCUT2D eigenvalue weighted by Crippen LogP contribution is -2.44. The van der Waals surface area contributed by atoms with Gasteiger partial charge >= 0.3 is 0 Å². The topological polar surface area (TPSA) is 33.2 Å². The Kier molecular flexibility index (Phi) is 5.46. The summed E-state index contributed by atoms with van der Waals surface area (Å²) in [7, 11) is 0. The van der Waals surface area contributed by atoms with E-state index in [-0.39, 0.29) is 17.5 Å². The molecule has 5 heteroatoms. The number of likely N-dealkylation sites (tertiary alicyclic amines) is 1. The Morgan fingerprint density at radius 1 is 1.29 bits per heavy atom. The number of aryl methyl sites for hydroxylation is 1. The number of piperidine rings is 1. The van der Waals surface area contributed by atoms with Crippen molar-refractivity contribution in [3.8, 4) is 0 Å². The minimum atomic E-state index is -0.515. The highest BCUT2D eigenvalue weighted by atomic mass is 35.5. The molecule has 1 aliphatic rings. The number of nitrogens with zero attached hydrogens (tertiary/aromatic N) is 2. The van der Waals surface area contributed by atoms with Gasteiger partial charge in [-0.05, 0) is 62.4 Å². The van der Waals surface area contributed by atoms with E-state index in [0.29, 0.717) is 11.6 Å². The molecule has 3 nitrogen and oxygen atoms in total. The summed E-state index contributed by atoms with van der Waals surface area (Å²) in [4.78, 5) is 18.9. The summed E-state index contributed by atoms with van der Waals surface area (Å²) in [5.41, 5.74) is 1.08. The zero-order valence-electron chi connectivity index (χ0n) is 13.4. The van der Waals surface area contributed by atoms with Gasteiger partial charge in [-0.3, -0.25) is 9.78 Å². The van der Waals surface area contributed by atoms with Crippen LogP contribution in [0.4, 0.5) is 4.39 Å². The van der Waals surface area contributed by atoms with Crippen molar-refractivity contribution < 1.29 is 9.18 Å². The number of hydrogen-bond donors (Lipinski definition) is 0. The number of benzene rings is 1. The second-order valence-electron chi connectivity index (χ2n) is 6.13. The van der Waals surface area contributed by atoms with Gasteiger partial charge in [0.15, 0.2) is 0 Å². The third-order valence-corrected chi connectivity index (χ3v) is 4.74. The maximum absolute atomic E-state index is 14.0. The van der Waals surface area contributed by atoms with Gasteiger partial charge in [-0.15, -0.1) is 0 Å². The fourth-order valence-corrected chi connectivity index (χ4v) is 3.42. The number of aromatic nitrogens is 1. The van der Waals surface area contributed by atoms with Crippen molar-refractivity contribution in [3.63, 3.8) is 0 Å². The Balaban J connectivity index is 1.74. The van der Waals surface area contributed by atoms with Crippen molar-refractivity contribution >= 4 is 17.5 Å². The first-order valence-electron chi connectivity index (χ1n) is 8.31. The zero-order valence-corrected chi connectivity index (χ0v) is 14.2. The molecular formula is C19H20ClFN2O. The van der Waals surface area contributed by atoms with Gasteiger partial charge in [0.1, 0.15) is 5.82 Å². The molecule has 3 rings (SSSR count). The molecule has 0 bridgehead atoms. The lowest BCUT2D eigenvalue weighted by molar-refractivity contribution is 0.0597. The monoisotopic (exact) mass is 346 g/mol. The maximum atomic E-state index is 14.0. The van der Waals surface area contributed by atoms with Crippen molar-refractivity contribution in [2.75, 3.05) is 6.54 Å². The van der Waals surface area contributed by atoms with E-state index in [0.717, 1.165) is 37.8 Å². The number of rotatable bonds is 4. The molecule has 0 unspecified atom stereocenters. The SMILES string of the molecule is O=C(c1cc(Cl)ccc1F)N1CCCC[C@H]1CCc1ccccn1. The number of pyridine rings is 1. The van der Waals surface area contributed by atoms with E-state index in [1.807, 2.05) is 18.2 Å². The highest BCUT2D eigenvalue weighted by molar-refractivity contribution is 6.31. The largest absolute Gasteiger partial charge is 0.336 e. The molecule has 1 aromatic carbocycles. The van der Waals surface area contributed by atoms with Gasteiger partial charge in [0.05, 0.1) is 5.56 Å². The summed E-state index contributed by atoms with van der Waals surface area (Å²) in [5, 5.41) is 0.377. The van der Waals surface area contributed by atoms with E-state index in [1.165, 1.54) is 18.2 Å². The number of hydrogen-bond acceptors (Lipinski definition) is 2. The molecule has 1 fully saturated rings. The van der Waals surface area contributed by atoms with Crippen LogP contribution in [0.15, 0.2) is 42.6 Å². The lowest BCUT2D eigenvalue weighted by Gasteiger charge is -2.36. The fraction of sp³-hybridized carbons (Fsp3) is 0.368. The van der Waals surface area contributed by atoms with Gasteiger partial charge in [0.25, 0.3) is 5.91 Å². The van der Waals surface area contributed by atoms with Gasteiger partial charge in [0.2, 0.25) is 0 Å². The second-order valence-corrected chi connectivity index (χ2v) is 6.57. The third kappa shape index (κ3) is 3.93. The Bertz CT molecular complexity index is 708. The maximum Gasteiger partial charge on any atom is 0.257 e. The van der Waals surface area contributed by atoms with Crippen molar-refractivity contribution in [3.05, 3.63) is 64.7 Å². The van der Waals surface area contributed by atoms with Gasteiger partial charge in [0, 0.05) is 29.5 Å².